The van der Waals surface area contributed by atoms with Crippen molar-refractivity contribution in [1.29, 1.82) is 0 Å². The van der Waals surface area contributed by atoms with Gasteiger partial charge in [0.05, 0.1) is 4.92 Å². The summed E-state index contributed by atoms with van der Waals surface area (Å²) < 4.78 is 0. The molecule has 1 heterocycles. The summed E-state index contributed by atoms with van der Waals surface area (Å²) in [6, 6.07) is 9.58. The Kier molecular flexibility index (Phi) is 6.23. The van der Waals surface area contributed by atoms with Gasteiger partial charge in [-0.15, -0.1) is 11.3 Å². The Morgan fingerprint density at radius 3 is 2.91 bits per heavy atom. The molecule has 0 spiro atoms. The highest BCUT2D eigenvalue weighted by atomic mass is 32.2. The number of nitrogens with one attached hydrogen (secondary N) is 2. The third kappa shape index (κ3) is 5.38. The van der Waals surface area contributed by atoms with E-state index in [9.17, 15) is 14.9 Å². The highest BCUT2D eigenvalue weighted by Gasteiger charge is 2.07. The molecule has 8 heteroatoms. The number of hydrogen-bond acceptors (Lipinski definition) is 5. The predicted octanol–water partition coefficient (Wildman–Crippen LogP) is 3.71. The van der Waals surface area contributed by atoms with Crippen LogP contribution < -0.4 is 10.6 Å². The molecule has 0 saturated carbocycles. The minimum atomic E-state index is -0.496. The Morgan fingerprint density at radius 2 is 2.18 bits per heavy atom. The molecule has 0 unspecified atom stereocenters. The monoisotopic (exact) mass is 337 g/mol. The molecule has 0 saturated heterocycles. The van der Waals surface area contributed by atoms with Crippen LogP contribution in [0.2, 0.25) is 0 Å². The van der Waals surface area contributed by atoms with Gasteiger partial charge in [0, 0.05) is 40.7 Å². The van der Waals surface area contributed by atoms with Gasteiger partial charge in [-0.25, -0.2) is 4.79 Å². The molecule has 0 atom stereocenters. The molecule has 1 aromatic heterocycles. The molecule has 1 aromatic carbocycles. The van der Waals surface area contributed by atoms with Gasteiger partial charge in [0.2, 0.25) is 0 Å². The minimum absolute atomic E-state index is 0.0516. The lowest BCUT2D eigenvalue weighted by Gasteiger charge is -2.07. The highest BCUT2D eigenvalue weighted by molar-refractivity contribution is 7.98. The molecule has 0 aliphatic carbocycles. The Labute approximate surface area is 136 Å². The number of thiophene rings is 1. The van der Waals surface area contributed by atoms with Crippen LogP contribution >= 0.6 is 23.1 Å². The van der Waals surface area contributed by atoms with Crippen molar-refractivity contribution in [3.8, 4) is 0 Å². The summed E-state index contributed by atoms with van der Waals surface area (Å²) in [6.45, 7) is 0.538. The Balaban J connectivity index is 1.67. The lowest BCUT2D eigenvalue weighted by Crippen LogP contribution is -2.30. The summed E-state index contributed by atoms with van der Waals surface area (Å²) in [5, 5.41) is 18.0. The van der Waals surface area contributed by atoms with Gasteiger partial charge in [-0.05, 0) is 17.5 Å². The van der Waals surface area contributed by atoms with Crippen LogP contribution in [0.15, 0.2) is 41.8 Å². The van der Waals surface area contributed by atoms with Crippen molar-refractivity contribution >= 4 is 40.5 Å². The fourth-order valence-electron chi connectivity index (χ4n) is 1.68. The van der Waals surface area contributed by atoms with Crippen molar-refractivity contribution in [1.82, 2.24) is 5.32 Å². The Hall–Kier alpha value is -2.06. The van der Waals surface area contributed by atoms with Gasteiger partial charge < -0.3 is 10.6 Å². The molecule has 0 aliphatic rings. The first kappa shape index (κ1) is 16.3. The molecule has 2 aromatic rings. The number of benzene rings is 1. The molecule has 2 N–H and O–H groups in total. The molecule has 0 fully saturated rings. The fraction of sp³-hybridized carbons (Fsp3) is 0.214. The zero-order chi connectivity index (χ0) is 15.8. The summed E-state index contributed by atoms with van der Waals surface area (Å²) >= 11 is 3.46. The van der Waals surface area contributed by atoms with Crippen molar-refractivity contribution in [3.05, 3.63) is 56.8 Å². The second-order valence-corrected chi connectivity index (χ2v) is 6.46. The zero-order valence-corrected chi connectivity index (χ0v) is 13.3. The van der Waals surface area contributed by atoms with Crippen molar-refractivity contribution in [3.63, 3.8) is 0 Å². The van der Waals surface area contributed by atoms with Crippen LogP contribution in [0, 0.1) is 10.1 Å². The van der Waals surface area contributed by atoms with Crippen LogP contribution in [0.25, 0.3) is 0 Å². The standard InChI is InChI=1S/C14H15N3O3S2/c18-14(15-6-8-21-10-13-5-2-7-22-13)16-11-3-1-4-12(9-11)17(19)20/h1-5,7,9H,6,8,10H2,(H2,15,16,18). The highest BCUT2D eigenvalue weighted by Crippen LogP contribution is 2.17. The third-order valence-electron chi connectivity index (χ3n) is 2.67. The summed E-state index contributed by atoms with van der Waals surface area (Å²) in [5.41, 5.74) is 0.349. The van der Waals surface area contributed by atoms with Crippen LogP contribution in [-0.4, -0.2) is 23.3 Å². The van der Waals surface area contributed by atoms with E-state index in [1.165, 1.54) is 23.1 Å². The molecule has 0 radical (unpaired) electrons. The number of nitro groups is 1. The van der Waals surface area contributed by atoms with Gasteiger partial charge in [-0.2, -0.15) is 11.8 Å². The van der Waals surface area contributed by atoms with E-state index in [0.717, 1.165) is 11.5 Å². The first-order chi connectivity index (χ1) is 10.6. The van der Waals surface area contributed by atoms with Crippen molar-refractivity contribution in [2.75, 3.05) is 17.6 Å². The lowest BCUT2D eigenvalue weighted by atomic mass is 10.3. The van der Waals surface area contributed by atoms with E-state index in [1.54, 1.807) is 29.2 Å². The second-order valence-electron chi connectivity index (χ2n) is 4.32. The molecule has 0 aliphatic heterocycles. The van der Waals surface area contributed by atoms with Crippen molar-refractivity contribution in [2.24, 2.45) is 0 Å². The predicted molar refractivity (Wildman–Crippen MR) is 90.6 cm³/mol. The fourth-order valence-corrected chi connectivity index (χ4v) is 3.38. The van der Waals surface area contributed by atoms with Crippen molar-refractivity contribution < 1.29 is 9.72 Å². The molecule has 2 rings (SSSR count). The maximum absolute atomic E-state index is 11.7. The minimum Gasteiger partial charge on any atom is -0.337 e. The quantitative estimate of drug-likeness (QED) is 0.458. The average molecular weight is 337 g/mol. The van der Waals surface area contributed by atoms with Crippen molar-refractivity contribution in [2.45, 2.75) is 5.75 Å². The number of carbonyl (C=O) groups is 1. The van der Waals surface area contributed by atoms with Crippen LogP contribution in [0.1, 0.15) is 4.88 Å². The largest absolute Gasteiger partial charge is 0.337 e. The van der Waals surface area contributed by atoms with E-state index in [2.05, 4.69) is 16.7 Å². The number of non-ortho nitro benzene ring substituents is 1. The van der Waals surface area contributed by atoms with Gasteiger partial charge in [0.25, 0.3) is 5.69 Å². The number of nitro benzene ring substituents is 1. The lowest BCUT2D eigenvalue weighted by molar-refractivity contribution is -0.384. The molecule has 6 nitrogen and oxygen atoms in total. The van der Waals surface area contributed by atoms with E-state index >= 15 is 0 Å². The zero-order valence-electron chi connectivity index (χ0n) is 11.7. The summed E-state index contributed by atoms with van der Waals surface area (Å²) in [7, 11) is 0. The van der Waals surface area contributed by atoms with E-state index in [4.69, 9.17) is 0 Å². The van der Waals surface area contributed by atoms with Crippen LogP contribution in [-0.2, 0) is 5.75 Å². The number of hydrogen-bond donors (Lipinski definition) is 2. The average Bonchev–Trinajstić information content (AvgIpc) is 3.00. The number of amides is 2. The third-order valence-corrected chi connectivity index (χ3v) is 4.74. The Morgan fingerprint density at radius 1 is 1.32 bits per heavy atom. The van der Waals surface area contributed by atoms with Gasteiger partial charge in [0.15, 0.2) is 0 Å². The van der Waals surface area contributed by atoms with Crippen LogP contribution in [0.3, 0.4) is 0 Å². The van der Waals surface area contributed by atoms with Gasteiger partial charge >= 0.3 is 6.03 Å². The first-order valence-electron chi connectivity index (χ1n) is 6.54. The van der Waals surface area contributed by atoms with Gasteiger partial charge in [-0.1, -0.05) is 12.1 Å². The molecule has 0 bridgehead atoms. The number of carbonyl (C=O) groups excluding carboxylic acids is 1. The molecule has 116 valence electrons. The first-order valence-corrected chi connectivity index (χ1v) is 8.58. The molecule has 2 amide bonds. The normalized spacial score (nSPS) is 10.2. The number of anilines is 1. The molecular formula is C14H15N3O3S2. The van der Waals surface area contributed by atoms with Crippen LogP contribution in [0.5, 0.6) is 0 Å². The number of urea groups is 1. The number of nitrogens with zero attached hydrogens (tertiary/aromatic N) is 1. The summed E-state index contributed by atoms with van der Waals surface area (Å²) in [5.74, 6) is 1.74. The summed E-state index contributed by atoms with van der Waals surface area (Å²) in [4.78, 5) is 23.2. The van der Waals surface area contributed by atoms with E-state index in [-0.39, 0.29) is 11.7 Å². The van der Waals surface area contributed by atoms with Gasteiger partial charge in [-0.3, -0.25) is 10.1 Å². The number of rotatable bonds is 7. The SMILES string of the molecule is O=C(NCCSCc1cccs1)Nc1cccc([N+](=O)[O-])c1. The van der Waals surface area contributed by atoms with E-state index in [0.29, 0.717) is 12.2 Å². The molecular weight excluding hydrogens is 322 g/mol. The Bertz CT molecular complexity index is 632. The maximum atomic E-state index is 11.7. The smallest absolute Gasteiger partial charge is 0.319 e. The van der Waals surface area contributed by atoms with E-state index in [1.807, 2.05) is 11.4 Å². The van der Waals surface area contributed by atoms with Crippen LogP contribution in [0.4, 0.5) is 16.2 Å². The maximum Gasteiger partial charge on any atom is 0.319 e. The second kappa shape index (κ2) is 8.40. The van der Waals surface area contributed by atoms with Gasteiger partial charge in [0.1, 0.15) is 0 Å². The topological polar surface area (TPSA) is 84.3 Å². The summed E-state index contributed by atoms with van der Waals surface area (Å²) in [6.07, 6.45) is 0. The number of thioether (sulfide) groups is 1. The van der Waals surface area contributed by atoms with E-state index < -0.39 is 4.92 Å². The molecule has 22 heavy (non-hydrogen) atoms.